The molecule has 2 aliphatic rings. The third-order valence-electron chi connectivity index (χ3n) is 4.33. The predicted octanol–water partition coefficient (Wildman–Crippen LogP) is 3.04. The number of hydrogen-bond donors (Lipinski definition) is 0. The van der Waals surface area contributed by atoms with Crippen molar-refractivity contribution in [1.29, 1.82) is 0 Å². The van der Waals surface area contributed by atoms with Crippen molar-refractivity contribution >= 4 is 6.29 Å². The molecule has 1 nitrogen and oxygen atoms in total. The Morgan fingerprint density at radius 3 is 2.23 bits per heavy atom. The molecule has 1 heteroatoms. The SMILES string of the molecule is CC1CC(CC2(C=O)CC2(C)C)C1. The fraction of sp³-hybridized carbons (Fsp3) is 0.917. The molecule has 2 fully saturated rings. The van der Waals surface area contributed by atoms with E-state index in [9.17, 15) is 4.79 Å². The summed E-state index contributed by atoms with van der Waals surface area (Å²) in [7, 11) is 0. The smallest absolute Gasteiger partial charge is 0.126 e. The van der Waals surface area contributed by atoms with E-state index in [1.54, 1.807) is 0 Å². The molecule has 0 aromatic carbocycles. The summed E-state index contributed by atoms with van der Waals surface area (Å²) in [6.07, 6.45) is 6.22. The van der Waals surface area contributed by atoms with E-state index < -0.39 is 0 Å². The lowest BCUT2D eigenvalue weighted by Gasteiger charge is -2.35. The van der Waals surface area contributed by atoms with Crippen molar-refractivity contribution in [3.8, 4) is 0 Å². The van der Waals surface area contributed by atoms with Crippen LogP contribution in [0.4, 0.5) is 0 Å². The highest BCUT2D eigenvalue weighted by atomic mass is 16.1. The normalized spacial score (nSPS) is 46.7. The van der Waals surface area contributed by atoms with Gasteiger partial charge in [0.15, 0.2) is 0 Å². The monoisotopic (exact) mass is 180 g/mol. The summed E-state index contributed by atoms with van der Waals surface area (Å²) in [5.74, 6) is 1.76. The average Bonchev–Trinajstić information content (AvgIpc) is 2.51. The molecular formula is C12H20O. The van der Waals surface area contributed by atoms with Gasteiger partial charge >= 0.3 is 0 Å². The molecule has 13 heavy (non-hydrogen) atoms. The molecule has 0 N–H and O–H groups in total. The molecule has 2 aliphatic carbocycles. The second-order valence-corrected chi connectivity index (χ2v) is 5.98. The topological polar surface area (TPSA) is 17.1 Å². The van der Waals surface area contributed by atoms with Crippen LogP contribution in [0.1, 0.15) is 46.5 Å². The Bertz CT molecular complexity index is 225. The Morgan fingerprint density at radius 2 is 1.92 bits per heavy atom. The van der Waals surface area contributed by atoms with Crippen LogP contribution >= 0.6 is 0 Å². The van der Waals surface area contributed by atoms with E-state index in [-0.39, 0.29) is 5.41 Å². The maximum Gasteiger partial charge on any atom is 0.126 e. The van der Waals surface area contributed by atoms with Gasteiger partial charge in [-0.1, -0.05) is 20.8 Å². The van der Waals surface area contributed by atoms with Crippen LogP contribution in [-0.2, 0) is 4.79 Å². The van der Waals surface area contributed by atoms with Crippen molar-refractivity contribution in [2.45, 2.75) is 46.5 Å². The van der Waals surface area contributed by atoms with Crippen LogP contribution in [-0.4, -0.2) is 6.29 Å². The van der Waals surface area contributed by atoms with Gasteiger partial charge < -0.3 is 4.79 Å². The number of aldehydes is 1. The van der Waals surface area contributed by atoms with E-state index in [2.05, 4.69) is 20.8 Å². The fourth-order valence-electron chi connectivity index (χ4n) is 3.09. The first-order valence-electron chi connectivity index (χ1n) is 5.45. The van der Waals surface area contributed by atoms with Gasteiger partial charge in [0.25, 0.3) is 0 Å². The Kier molecular flexibility index (Phi) is 1.84. The van der Waals surface area contributed by atoms with E-state index in [1.165, 1.54) is 19.1 Å². The summed E-state index contributed by atoms with van der Waals surface area (Å²) < 4.78 is 0. The van der Waals surface area contributed by atoms with Gasteiger partial charge in [0.05, 0.1) is 0 Å². The summed E-state index contributed by atoms with van der Waals surface area (Å²) in [6, 6.07) is 0. The summed E-state index contributed by atoms with van der Waals surface area (Å²) in [6.45, 7) is 6.76. The van der Waals surface area contributed by atoms with Crippen LogP contribution in [0.25, 0.3) is 0 Å². The van der Waals surface area contributed by atoms with Gasteiger partial charge in [-0.25, -0.2) is 0 Å². The van der Waals surface area contributed by atoms with Gasteiger partial charge in [0, 0.05) is 5.41 Å². The molecular weight excluding hydrogens is 160 g/mol. The maximum atomic E-state index is 11.1. The standard InChI is InChI=1S/C12H20O/c1-9-4-10(5-9)6-12(8-13)7-11(12,2)3/h8-10H,4-7H2,1-3H3. The van der Waals surface area contributed by atoms with Crippen LogP contribution in [0.5, 0.6) is 0 Å². The predicted molar refractivity (Wildman–Crippen MR) is 53.4 cm³/mol. The lowest BCUT2D eigenvalue weighted by molar-refractivity contribution is -0.114. The van der Waals surface area contributed by atoms with E-state index in [0.29, 0.717) is 5.41 Å². The van der Waals surface area contributed by atoms with Crippen molar-refractivity contribution < 1.29 is 4.79 Å². The van der Waals surface area contributed by atoms with Gasteiger partial charge in [-0.3, -0.25) is 0 Å². The maximum absolute atomic E-state index is 11.1. The molecule has 0 radical (unpaired) electrons. The highest BCUT2D eigenvalue weighted by molar-refractivity contribution is 5.66. The van der Waals surface area contributed by atoms with Gasteiger partial charge in [-0.15, -0.1) is 0 Å². The minimum absolute atomic E-state index is 0.0673. The van der Waals surface area contributed by atoms with Crippen molar-refractivity contribution in [1.82, 2.24) is 0 Å². The first-order chi connectivity index (χ1) is 5.99. The molecule has 0 aliphatic heterocycles. The molecule has 0 amide bonds. The van der Waals surface area contributed by atoms with Crippen LogP contribution in [0.15, 0.2) is 0 Å². The summed E-state index contributed by atoms with van der Waals surface area (Å²) >= 11 is 0. The average molecular weight is 180 g/mol. The van der Waals surface area contributed by atoms with Gasteiger partial charge in [-0.2, -0.15) is 0 Å². The first-order valence-corrected chi connectivity index (χ1v) is 5.45. The van der Waals surface area contributed by atoms with Crippen molar-refractivity contribution in [2.24, 2.45) is 22.7 Å². The zero-order valence-electron chi connectivity index (χ0n) is 8.97. The minimum Gasteiger partial charge on any atom is -0.303 e. The van der Waals surface area contributed by atoms with Crippen LogP contribution in [0, 0.1) is 22.7 Å². The van der Waals surface area contributed by atoms with E-state index in [0.717, 1.165) is 24.7 Å². The van der Waals surface area contributed by atoms with E-state index >= 15 is 0 Å². The van der Waals surface area contributed by atoms with Gasteiger partial charge in [-0.05, 0) is 42.9 Å². The fourth-order valence-corrected chi connectivity index (χ4v) is 3.09. The minimum atomic E-state index is 0.0673. The summed E-state index contributed by atoms with van der Waals surface area (Å²) in [5.41, 5.74) is 0.366. The Balaban J connectivity index is 1.91. The molecule has 0 aromatic heterocycles. The number of hydrogen-bond acceptors (Lipinski definition) is 1. The number of carbonyl (C=O) groups excluding carboxylic acids is 1. The third-order valence-corrected chi connectivity index (χ3v) is 4.33. The molecule has 0 spiro atoms. The third kappa shape index (κ3) is 1.33. The number of carbonyl (C=O) groups is 1. The molecule has 0 saturated heterocycles. The molecule has 74 valence electrons. The first kappa shape index (κ1) is 9.23. The second kappa shape index (κ2) is 2.59. The van der Waals surface area contributed by atoms with Crippen LogP contribution < -0.4 is 0 Å². The van der Waals surface area contributed by atoms with Crippen molar-refractivity contribution in [2.75, 3.05) is 0 Å². The second-order valence-electron chi connectivity index (χ2n) is 5.98. The van der Waals surface area contributed by atoms with Gasteiger partial charge in [0.1, 0.15) is 6.29 Å². The highest BCUT2D eigenvalue weighted by Gasteiger charge is 2.61. The van der Waals surface area contributed by atoms with E-state index in [4.69, 9.17) is 0 Å². The molecule has 0 bridgehead atoms. The molecule has 0 heterocycles. The zero-order valence-corrected chi connectivity index (χ0v) is 8.97. The molecule has 2 rings (SSSR count). The van der Waals surface area contributed by atoms with Crippen LogP contribution in [0.3, 0.4) is 0 Å². The van der Waals surface area contributed by atoms with Gasteiger partial charge in [0.2, 0.25) is 0 Å². The number of rotatable bonds is 3. The molecule has 1 atom stereocenters. The largest absolute Gasteiger partial charge is 0.303 e. The lowest BCUT2D eigenvalue weighted by atomic mass is 9.70. The van der Waals surface area contributed by atoms with Crippen molar-refractivity contribution in [3.63, 3.8) is 0 Å². The van der Waals surface area contributed by atoms with Crippen LogP contribution in [0.2, 0.25) is 0 Å². The Hall–Kier alpha value is -0.330. The highest BCUT2D eigenvalue weighted by Crippen LogP contribution is 2.66. The Morgan fingerprint density at radius 1 is 1.38 bits per heavy atom. The van der Waals surface area contributed by atoms with E-state index in [1.807, 2.05) is 0 Å². The zero-order chi connectivity index (χ0) is 9.69. The quantitative estimate of drug-likeness (QED) is 0.610. The Labute approximate surface area is 80.9 Å². The molecule has 1 unspecified atom stereocenters. The molecule has 0 aromatic rings. The summed E-state index contributed by atoms with van der Waals surface area (Å²) in [4.78, 5) is 11.1. The molecule has 2 saturated carbocycles. The summed E-state index contributed by atoms with van der Waals surface area (Å²) in [5, 5.41) is 0. The lowest BCUT2D eigenvalue weighted by Crippen LogP contribution is -2.26. The van der Waals surface area contributed by atoms with Crippen molar-refractivity contribution in [3.05, 3.63) is 0 Å².